The third kappa shape index (κ3) is 11.6. The summed E-state index contributed by atoms with van der Waals surface area (Å²) in [4.78, 5) is 28.6. The molecule has 0 rings (SSSR count). The lowest BCUT2D eigenvalue weighted by atomic mass is 10.1. The van der Waals surface area contributed by atoms with E-state index < -0.39 is 7.82 Å². The first-order chi connectivity index (χ1) is 9.56. The zero-order valence-electron chi connectivity index (χ0n) is 13.2. The molecule has 0 spiro atoms. The number of likely N-dealkylation sites (N-methyl/N-ethyl adjacent to an activating group) is 1. The van der Waals surface area contributed by atoms with Gasteiger partial charge in [0.05, 0.1) is 27.7 Å². The highest BCUT2D eigenvalue weighted by Crippen LogP contribution is 2.36. The quantitative estimate of drug-likeness (QED) is 0.208. The topological polar surface area (TPSA) is 93.1 Å². The first-order valence-electron chi connectivity index (χ1n) is 6.87. The molecule has 0 saturated carbocycles. The lowest BCUT2D eigenvalue weighted by Gasteiger charge is -2.34. The van der Waals surface area contributed by atoms with E-state index in [9.17, 15) is 9.36 Å². The van der Waals surface area contributed by atoms with Gasteiger partial charge in [0.15, 0.2) is 0 Å². The lowest BCUT2D eigenvalue weighted by molar-refractivity contribution is -0.896. The number of carbonyl (C=O) groups is 1. The number of rotatable bonds is 10. The van der Waals surface area contributed by atoms with Crippen molar-refractivity contribution in [2.45, 2.75) is 32.2 Å². The Balaban J connectivity index is 4.09. The number of esters is 1. The van der Waals surface area contributed by atoms with Crippen molar-refractivity contribution in [2.24, 2.45) is 0 Å². The van der Waals surface area contributed by atoms with Crippen molar-refractivity contribution in [3.05, 3.63) is 12.2 Å². The Bertz CT molecular complexity index is 385. The Kier molecular flexibility index (Phi) is 9.01. The molecular formula is C13H27NO6P+. The third-order valence-electron chi connectivity index (χ3n) is 3.01. The van der Waals surface area contributed by atoms with E-state index in [0.717, 1.165) is 12.8 Å². The summed E-state index contributed by atoms with van der Waals surface area (Å²) < 4.78 is 20.9. The molecule has 0 aromatic carbocycles. The third-order valence-corrected chi connectivity index (χ3v) is 3.49. The van der Waals surface area contributed by atoms with Crippen molar-refractivity contribution in [2.75, 3.05) is 34.4 Å². The lowest BCUT2D eigenvalue weighted by Crippen LogP contribution is -2.47. The smallest absolute Gasteiger partial charge is 0.463 e. The maximum absolute atomic E-state index is 11.1. The van der Waals surface area contributed by atoms with Gasteiger partial charge in [-0.2, -0.15) is 0 Å². The van der Waals surface area contributed by atoms with E-state index in [1.165, 1.54) is 6.08 Å². The number of allylic oxidation sites excluding steroid dienone is 1. The minimum Gasteiger partial charge on any atom is -0.463 e. The Hall–Kier alpha value is -0.720. The van der Waals surface area contributed by atoms with Gasteiger partial charge in [0.2, 0.25) is 0 Å². The van der Waals surface area contributed by atoms with Crippen molar-refractivity contribution < 1.29 is 32.9 Å². The average molecular weight is 324 g/mol. The molecule has 124 valence electrons. The van der Waals surface area contributed by atoms with Crippen molar-refractivity contribution >= 4 is 13.8 Å². The molecule has 0 bridgehead atoms. The van der Waals surface area contributed by atoms with Gasteiger partial charge in [0, 0.05) is 12.5 Å². The van der Waals surface area contributed by atoms with E-state index in [1.54, 1.807) is 13.0 Å². The van der Waals surface area contributed by atoms with Crippen molar-refractivity contribution in [1.82, 2.24) is 0 Å². The Morgan fingerprint density at radius 2 is 1.90 bits per heavy atom. The number of nitrogens with zero attached hydrogens (tertiary/aromatic N) is 1. The molecule has 21 heavy (non-hydrogen) atoms. The van der Waals surface area contributed by atoms with Crippen molar-refractivity contribution in [3.63, 3.8) is 0 Å². The SMILES string of the molecule is CC=CC(=O)OCCCCC(COP(=O)(O)O)[N+](C)(C)C. The molecule has 0 amide bonds. The average Bonchev–Trinajstić information content (AvgIpc) is 2.29. The van der Waals surface area contributed by atoms with Crippen LogP contribution in [0.2, 0.25) is 0 Å². The van der Waals surface area contributed by atoms with E-state index in [2.05, 4.69) is 4.52 Å². The Morgan fingerprint density at radius 1 is 1.29 bits per heavy atom. The van der Waals surface area contributed by atoms with Crippen LogP contribution in [0, 0.1) is 0 Å². The normalized spacial score (nSPS) is 14.4. The van der Waals surface area contributed by atoms with Crippen LogP contribution >= 0.6 is 7.82 Å². The fourth-order valence-corrected chi connectivity index (χ4v) is 2.08. The minimum atomic E-state index is -4.44. The van der Waals surface area contributed by atoms with E-state index in [1.807, 2.05) is 21.1 Å². The molecule has 0 aliphatic carbocycles. The predicted octanol–water partition coefficient (Wildman–Crippen LogP) is 1.46. The fourth-order valence-electron chi connectivity index (χ4n) is 1.72. The molecule has 7 nitrogen and oxygen atoms in total. The monoisotopic (exact) mass is 324 g/mol. The predicted molar refractivity (Wildman–Crippen MR) is 79.4 cm³/mol. The highest BCUT2D eigenvalue weighted by molar-refractivity contribution is 7.46. The van der Waals surface area contributed by atoms with Gasteiger partial charge >= 0.3 is 13.8 Å². The van der Waals surface area contributed by atoms with Crippen LogP contribution in [0.5, 0.6) is 0 Å². The summed E-state index contributed by atoms with van der Waals surface area (Å²) in [6.07, 6.45) is 5.20. The van der Waals surface area contributed by atoms with Gasteiger partial charge in [-0.25, -0.2) is 9.36 Å². The summed E-state index contributed by atoms with van der Waals surface area (Å²) in [6.45, 7) is 2.08. The van der Waals surface area contributed by atoms with Gasteiger partial charge < -0.3 is 19.0 Å². The Labute approximate surface area is 126 Å². The van der Waals surface area contributed by atoms with Gasteiger partial charge in [-0.15, -0.1) is 0 Å². The van der Waals surface area contributed by atoms with Crippen LogP contribution in [-0.4, -0.2) is 60.6 Å². The van der Waals surface area contributed by atoms with Crippen LogP contribution < -0.4 is 0 Å². The fraction of sp³-hybridized carbons (Fsp3) is 0.769. The molecule has 0 aliphatic heterocycles. The Morgan fingerprint density at radius 3 is 2.38 bits per heavy atom. The summed E-state index contributed by atoms with van der Waals surface area (Å²) >= 11 is 0. The molecule has 8 heteroatoms. The number of hydrogen-bond acceptors (Lipinski definition) is 4. The summed E-state index contributed by atoms with van der Waals surface area (Å²) in [7, 11) is 1.39. The molecule has 0 radical (unpaired) electrons. The second kappa shape index (κ2) is 9.33. The second-order valence-electron chi connectivity index (χ2n) is 5.72. The first kappa shape index (κ1) is 20.3. The largest absolute Gasteiger partial charge is 0.469 e. The summed E-state index contributed by atoms with van der Waals surface area (Å²) in [5.74, 6) is -0.356. The molecule has 0 aliphatic rings. The van der Waals surface area contributed by atoms with E-state index in [-0.39, 0.29) is 18.6 Å². The molecule has 0 heterocycles. The van der Waals surface area contributed by atoms with Gasteiger partial charge in [-0.1, -0.05) is 6.08 Å². The van der Waals surface area contributed by atoms with Gasteiger partial charge in [0.25, 0.3) is 0 Å². The van der Waals surface area contributed by atoms with Crippen LogP contribution in [0.4, 0.5) is 0 Å². The van der Waals surface area contributed by atoms with Crippen molar-refractivity contribution in [3.8, 4) is 0 Å². The molecular weight excluding hydrogens is 297 g/mol. The number of ether oxygens (including phenoxy) is 1. The number of hydrogen-bond donors (Lipinski definition) is 2. The molecule has 0 saturated heterocycles. The molecule has 0 aromatic rings. The maximum atomic E-state index is 11.1. The summed E-state index contributed by atoms with van der Waals surface area (Å²) in [5.41, 5.74) is 0. The van der Waals surface area contributed by atoms with Crippen LogP contribution in [-0.2, 0) is 18.6 Å². The standard InChI is InChI=1S/C13H26NO6P/c1-5-8-13(15)19-10-7-6-9-12(14(2,3)4)11-20-21(16,17)18/h5,8,12H,6-7,9-11H2,1-4H3,(H-,16,17,18)/p+1. The molecule has 2 N–H and O–H groups in total. The minimum absolute atomic E-state index is 0.00780. The summed E-state index contributed by atoms with van der Waals surface area (Å²) in [5, 5.41) is 0. The number of quaternary nitrogens is 1. The van der Waals surface area contributed by atoms with E-state index >= 15 is 0 Å². The number of unbranched alkanes of at least 4 members (excludes halogenated alkanes) is 1. The van der Waals surface area contributed by atoms with Crippen LogP contribution in [0.15, 0.2) is 12.2 Å². The highest BCUT2D eigenvalue weighted by Gasteiger charge is 2.27. The second-order valence-corrected chi connectivity index (χ2v) is 6.96. The molecule has 0 fully saturated rings. The zero-order chi connectivity index (χ0) is 16.5. The van der Waals surface area contributed by atoms with E-state index in [0.29, 0.717) is 17.5 Å². The molecule has 1 unspecified atom stereocenters. The van der Waals surface area contributed by atoms with Crippen LogP contribution in [0.3, 0.4) is 0 Å². The van der Waals surface area contributed by atoms with Crippen LogP contribution in [0.25, 0.3) is 0 Å². The van der Waals surface area contributed by atoms with Gasteiger partial charge in [-0.05, 0) is 19.8 Å². The number of phosphoric acid groups is 1. The summed E-state index contributed by atoms with van der Waals surface area (Å²) in [6, 6.07) is -0.0381. The van der Waals surface area contributed by atoms with Gasteiger partial charge in [-0.3, -0.25) is 4.52 Å². The maximum Gasteiger partial charge on any atom is 0.469 e. The van der Waals surface area contributed by atoms with Crippen LogP contribution in [0.1, 0.15) is 26.2 Å². The molecule has 1 atom stereocenters. The zero-order valence-corrected chi connectivity index (χ0v) is 14.1. The first-order valence-corrected chi connectivity index (χ1v) is 8.40. The number of carbonyl (C=O) groups excluding carboxylic acids is 1. The molecule has 0 aromatic heterocycles. The highest BCUT2D eigenvalue weighted by atomic mass is 31.2. The number of phosphoric ester groups is 1. The van der Waals surface area contributed by atoms with E-state index in [4.69, 9.17) is 14.5 Å². The van der Waals surface area contributed by atoms with Crippen molar-refractivity contribution in [1.29, 1.82) is 0 Å². The van der Waals surface area contributed by atoms with Gasteiger partial charge in [0.1, 0.15) is 12.6 Å².